The zero-order valence-electron chi connectivity index (χ0n) is 9.34. The molecule has 6 N–H and O–H groups in total. The van der Waals surface area contributed by atoms with Crippen molar-refractivity contribution < 1.29 is 10.2 Å². The van der Waals surface area contributed by atoms with Gasteiger partial charge in [0.05, 0.1) is 13.2 Å². The normalized spacial score (nSPS) is 9.75. The molecule has 0 atom stereocenters. The van der Waals surface area contributed by atoms with Crippen LogP contribution in [0.25, 0.3) is 0 Å². The number of hydrogen-bond donors (Lipinski definition) is 4. The van der Waals surface area contributed by atoms with E-state index in [0.29, 0.717) is 0 Å². The summed E-state index contributed by atoms with van der Waals surface area (Å²) in [7, 11) is 6.75. The van der Waals surface area contributed by atoms with Crippen LogP contribution in [0.1, 0.15) is 0 Å². The lowest BCUT2D eigenvalue weighted by Crippen LogP contribution is -2.02. The molecule has 0 spiro atoms. The molecular formula is C8H22N2O2S4. The zero-order chi connectivity index (χ0) is 12.5. The highest BCUT2D eigenvalue weighted by Crippen LogP contribution is 2.19. The van der Waals surface area contributed by atoms with E-state index in [2.05, 4.69) is 0 Å². The first kappa shape index (κ1) is 19.6. The van der Waals surface area contributed by atoms with Gasteiger partial charge in [0.15, 0.2) is 0 Å². The molecule has 0 heterocycles. The summed E-state index contributed by atoms with van der Waals surface area (Å²) >= 11 is 0. The topological polar surface area (TPSA) is 92.5 Å². The van der Waals surface area contributed by atoms with Gasteiger partial charge in [-0.05, 0) is 0 Å². The van der Waals surface area contributed by atoms with E-state index < -0.39 is 0 Å². The fourth-order valence-electron chi connectivity index (χ4n) is 0.406. The summed E-state index contributed by atoms with van der Waals surface area (Å²) in [4.78, 5) is 0. The average Bonchev–Trinajstić information content (AvgIpc) is 2.31. The third-order valence-corrected chi connectivity index (χ3v) is 5.75. The van der Waals surface area contributed by atoms with Gasteiger partial charge in [0, 0.05) is 36.1 Å². The fourth-order valence-corrected chi connectivity index (χ4v) is 3.66. The maximum absolute atomic E-state index is 8.27. The molecule has 0 unspecified atom stereocenters. The first-order chi connectivity index (χ1) is 7.83. The number of hydrogen-bond acceptors (Lipinski definition) is 8. The maximum atomic E-state index is 8.27. The van der Waals surface area contributed by atoms with Crippen molar-refractivity contribution in [1.29, 1.82) is 0 Å². The van der Waals surface area contributed by atoms with Gasteiger partial charge in [0.2, 0.25) is 0 Å². The van der Waals surface area contributed by atoms with Crippen molar-refractivity contribution in [1.82, 2.24) is 0 Å². The van der Waals surface area contributed by atoms with Crippen molar-refractivity contribution in [2.75, 3.05) is 49.3 Å². The Labute approximate surface area is 114 Å². The van der Waals surface area contributed by atoms with Gasteiger partial charge >= 0.3 is 0 Å². The smallest absolute Gasteiger partial charge is 0.0530 e. The number of aliphatic hydroxyl groups excluding tert-OH is 2. The Kier molecular flexibility index (Phi) is 26.3. The summed E-state index contributed by atoms with van der Waals surface area (Å²) in [6.45, 7) is 1.98. The molecule has 16 heavy (non-hydrogen) atoms. The van der Waals surface area contributed by atoms with E-state index in [9.17, 15) is 0 Å². The highest BCUT2D eigenvalue weighted by atomic mass is 33.1. The third kappa shape index (κ3) is 24.5. The van der Waals surface area contributed by atoms with Crippen molar-refractivity contribution in [3.8, 4) is 0 Å². The van der Waals surface area contributed by atoms with E-state index in [1.54, 1.807) is 43.2 Å². The zero-order valence-corrected chi connectivity index (χ0v) is 12.6. The van der Waals surface area contributed by atoms with Gasteiger partial charge in [-0.3, -0.25) is 0 Å². The molecular weight excluding hydrogens is 284 g/mol. The molecule has 4 nitrogen and oxygen atoms in total. The molecule has 0 aliphatic rings. The molecule has 0 aliphatic heterocycles. The molecule has 0 saturated heterocycles. The molecule has 0 fully saturated rings. The monoisotopic (exact) mass is 306 g/mol. The standard InChI is InChI=1S/C4H12N2S2.C4H10O2S2/c2*5-1-3-7-8-4-2-6/h1-6H2;5-6H,1-4H2. The lowest BCUT2D eigenvalue weighted by Gasteiger charge is -1.93. The SMILES string of the molecule is NCCSSCCN.OCCSSCCO. The van der Waals surface area contributed by atoms with Crippen LogP contribution in [0.2, 0.25) is 0 Å². The van der Waals surface area contributed by atoms with Crippen LogP contribution < -0.4 is 11.5 Å². The number of nitrogens with two attached hydrogens (primary N) is 2. The number of rotatable bonds is 10. The Balaban J connectivity index is 0. The quantitative estimate of drug-likeness (QED) is 0.345. The minimum absolute atomic E-state index is 0.225. The molecule has 0 bridgehead atoms. The van der Waals surface area contributed by atoms with Crippen LogP contribution in [0.5, 0.6) is 0 Å². The van der Waals surface area contributed by atoms with Crippen LogP contribution in [0.4, 0.5) is 0 Å². The van der Waals surface area contributed by atoms with Gasteiger partial charge in [-0.15, -0.1) is 0 Å². The van der Waals surface area contributed by atoms with Gasteiger partial charge in [-0.25, -0.2) is 0 Å². The summed E-state index contributed by atoms with van der Waals surface area (Å²) in [6.07, 6.45) is 0. The predicted octanol–water partition coefficient (Wildman–Crippen LogP) is 0.638. The first-order valence-electron chi connectivity index (χ1n) is 4.94. The molecule has 0 aliphatic carbocycles. The molecule has 0 aromatic rings. The Bertz CT molecular complexity index is 90.0. The van der Waals surface area contributed by atoms with Crippen LogP contribution >= 0.6 is 43.2 Å². The van der Waals surface area contributed by atoms with Crippen LogP contribution in [-0.2, 0) is 0 Å². The van der Waals surface area contributed by atoms with Crippen molar-refractivity contribution >= 4 is 43.2 Å². The maximum Gasteiger partial charge on any atom is 0.0530 e. The predicted molar refractivity (Wildman–Crippen MR) is 82.1 cm³/mol. The van der Waals surface area contributed by atoms with E-state index in [-0.39, 0.29) is 13.2 Å². The third-order valence-electron chi connectivity index (χ3n) is 0.918. The minimum atomic E-state index is 0.225. The van der Waals surface area contributed by atoms with E-state index in [1.807, 2.05) is 0 Å². The molecule has 0 aromatic heterocycles. The molecule has 0 rings (SSSR count). The van der Waals surface area contributed by atoms with Crippen LogP contribution in [-0.4, -0.2) is 59.5 Å². The van der Waals surface area contributed by atoms with Crippen LogP contribution in [0, 0.1) is 0 Å². The highest BCUT2D eigenvalue weighted by molar-refractivity contribution is 8.77. The Morgan fingerprint density at radius 1 is 0.625 bits per heavy atom. The van der Waals surface area contributed by atoms with E-state index in [0.717, 1.165) is 36.1 Å². The van der Waals surface area contributed by atoms with Gasteiger partial charge < -0.3 is 21.7 Å². The highest BCUT2D eigenvalue weighted by Gasteiger charge is 1.85. The summed E-state index contributed by atoms with van der Waals surface area (Å²) in [5.41, 5.74) is 10.5. The van der Waals surface area contributed by atoms with E-state index in [1.165, 1.54) is 0 Å². The van der Waals surface area contributed by atoms with Gasteiger partial charge in [0.1, 0.15) is 0 Å². The molecule has 0 amide bonds. The van der Waals surface area contributed by atoms with Crippen LogP contribution in [0.15, 0.2) is 0 Å². The summed E-state index contributed by atoms with van der Waals surface area (Å²) in [5.74, 6) is 3.57. The summed E-state index contributed by atoms with van der Waals surface area (Å²) < 4.78 is 0. The molecule has 0 aromatic carbocycles. The summed E-state index contributed by atoms with van der Waals surface area (Å²) in [5, 5.41) is 16.5. The number of aliphatic hydroxyl groups is 2. The second-order valence-electron chi connectivity index (χ2n) is 2.31. The Hall–Kier alpha value is 1.24. The van der Waals surface area contributed by atoms with E-state index in [4.69, 9.17) is 21.7 Å². The van der Waals surface area contributed by atoms with Crippen molar-refractivity contribution in [2.45, 2.75) is 0 Å². The van der Waals surface area contributed by atoms with Crippen LogP contribution in [0.3, 0.4) is 0 Å². The summed E-state index contributed by atoms with van der Waals surface area (Å²) in [6, 6.07) is 0. The fraction of sp³-hybridized carbons (Fsp3) is 1.00. The van der Waals surface area contributed by atoms with Crippen molar-refractivity contribution in [3.05, 3.63) is 0 Å². The second kappa shape index (κ2) is 21.5. The Morgan fingerprint density at radius 3 is 1.19 bits per heavy atom. The molecule has 8 heteroatoms. The largest absolute Gasteiger partial charge is 0.395 e. The first-order valence-corrected chi connectivity index (χ1v) is 9.91. The van der Waals surface area contributed by atoms with Gasteiger partial charge in [-0.2, -0.15) is 0 Å². The second-order valence-corrected chi connectivity index (χ2v) is 7.72. The van der Waals surface area contributed by atoms with Crippen molar-refractivity contribution in [2.24, 2.45) is 11.5 Å². The van der Waals surface area contributed by atoms with Gasteiger partial charge in [-0.1, -0.05) is 43.2 Å². The molecule has 0 saturated carbocycles. The lowest BCUT2D eigenvalue weighted by atomic mass is 10.8. The average molecular weight is 307 g/mol. The molecule has 0 radical (unpaired) electrons. The Morgan fingerprint density at radius 2 is 0.938 bits per heavy atom. The van der Waals surface area contributed by atoms with Gasteiger partial charge in [0.25, 0.3) is 0 Å². The molecule has 100 valence electrons. The van der Waals surface area contributed by atoms with E-state index >= 15 is 0 Å². The minimum Gasteiger partial charge on any atom is -0.395 e. The lowest BCUT2D eigenvalue weighted by molar-refractivity contribution is 0.322. The van der Waals surface area contributed by atoms with Crippen molar-refractivity contribution in [3.63, 3.8) is 0 Å².